The third-order valence-corrected chi connectivity index (χ3v) is 4.03. The largest absolute Gasteiger partial charge is 0.352 e. The van der Waals surface area contributed by atoms with E-state index in [-0.39, 0.29) is 23.3 Å². The SMILES string of the molecule is CC(C)(C(=O)Nc1ccccc1C(C)(C)C)C(=O)NC1CC1. The minimum absolute atomic E-state index is 0.0791. The Labute approximate surface area is 132 Å². The molecule has 1 aliphatic rings. The van der Waals surface area contributed by atoms with Crippen LogP contribution in [0.2, 0.25) is 0 Å². The molecule has 4 heteroatoms. The molecule has 2 N–H and O–H groups in total. The van der Waals surface area contributed by atoms with Gasteiger partial charge in [-0.05, 0) is 43.7 Å². The van der Waals surface area contributed by atoms with Crippen molar-refractivity contribution in [2.24, 2.45) is 5.41 Å². The quantitative estimate of drug-likeness (QED) is 0.839. The van der Waals surface area contributed by atoms with Crippen molar-refractivity contribution in [3.63, 3.8) is 0 Å². The average molecular weight is 302 g/mol. The summed E-state index contributed by atoms with van der Waals surface area (Å²) < 4.78 is 0. The maximum atomic E-state index is 12.6. The first-order valence-electron chi connectivity index (χ1n) is 7.84. The van der Waals surface area contributed by atoms with E-state index in [0.717, 1.165) is 24.1 Å². The van der Waals surface area contributed by atoms with Crippen molar-refractivity contribution in [2.75, 3.05) is 5.32 Å². The monoisotopic (exact) mass is 302 g/mol. The maximum absolute atomic E-state index is 12.6. The fourth-order valence-corrected chi connectivity index (χ4v) is 2.22. The van der Waals surface area contributed by atoms with Gasteiger partial charge in [0.05, 0.1) is 0 Å². The van der Waals surface area contributed by atoms with E-state index in [4.69, 9.17) is 0 Å². The molecule has 2 amide bonds. The lowest BCUT2D eigenvalue weighted by atomic mass is 9.85. The van der Waals surface area contributed by atoms with E-state index in [0.29, 0.717) is 0 Å². The van der Waals surface area contributed by atoms with Crippen LogP contribution < -0.4 is 10.6 Å². The Morgan fingerprint density at radius 3 is 2.14 bits per heavy atom. The van der Waals surface area contributed by atoms with Gasteiger partial charge in [0.2, 0.25) is 11.8 Å². The highest BCUT2D eigenvalue weighted by Gasteiger charge is 2.39. The van der Waals surface area contributed by atoms with Crippen LogP contribution in [0.15, 0.2) is 24.3 Å². The number of anilines is 1. The Bertz CT molecular complexity index is 581. The van der Waals surface area contributed by atoms with Crippen LogP contribution in [0.25, 0.3) is 0 Å². The van der Waals surface area contributed by atoms with Gasteiger partial charge in [-0.2, -0.15) is 0 Å². The van der Waals surface area contributed by atoms with Gasteiger partial charge in [0.25, 0.3) is 0 Å². The Hall–Kier alpha value is -1.84. The summed E-state index contributed by atoms with van der Waals surface area (Å²) in [6.07, 6.45) is 2.02. The van der Waals surface area contributed by atoms with Gasteiger partial charge in [-0.1, -0.05) is 39.0 Å². The van der Waals surface area contributed by atoms with Crippen molar-refractivity contribution in [1.82, 2.24) is 5.32 Å². The van der Waals surface area contributed by atoms with Gasteiger partial charge in [-0.25, -0.2) is 0 Å². The first-order valence-corrected chi connectivity index (χ1v) is 7.84. The first-order chi connectivity index (χ1) is 10.1. The van der Waals surface area contributed by atoms with Crippen LogP contribution in [0.5, 0.6) is 0 Å². The topological polar surface area (TPSA) is 58.2 Å². The van der Waals surface area contributed by atoms with Gasteiger partial charge in [-0.3, -0.25) is 9.59 Å². The Kier molecular flexibility index (Phi) is 4.32. The molecular formula is C18H26N2O2. The lowest BCUT2D eigenvalue weighted by Gasteiger charge is -2.26. The van der Waals surface area contributed by atoms with Crippen molar-refractivity contribution in [1.29, 1.82) is 0 Å². The summed E-state index contributed by atoms with van der Waals surface area (Å²) in [5.41, 5.74) is 0.659. The molecule has 0 radical (unpaired) electrons. The second kappa shape index (κ2) is 5.75. The van der Waals surface area contributed by atoms with Crippen LogP contribution in [0.4, 0.5) is 5.69 Å². The summed E-state index contributed by atoms with van der Waals surface area (Å²) in [5.74, 6) is -0.483. The minimum Gasteiger partial charge on any atom is -0.352 e. The molecule has 1 aliphatic carbocycles. The van der Waals surface area contributed by atoms with E-state index in [9.17, 15) is 9.59 Å². The van der Waals surface area contributed by atoms with Crippen molar-refractivity contribution in [3.05, 3.63) is 29.8 Å². The van der Waals surface area contributed by atoms with Crippen LogP contribution in [-0.4, -0.2) is 17.9 Å². The van der Waals surface area contributed by atoms with Crippen LogP contribution >= 0.6 is 0 Å². The van der Waals surface area contributed by atoms with Gasteiger partial charge >= 0.3 is 0 Å². The van der Waals surface area contributed by atoms with Gasteiger partial charge in [0.1, 0.15) is 5.41 Å². The predicted octanol–water partition coefficient (Wildman–Crippen LogP) is 3.23. The lowest BCUT2D eigenvalue weighted by Crippen LogP contribution is -2.46. The van der Waals surface area contributed by atoms with E-state index >= 15 is 0 Å². The van der Waals surface area contributed by atoms with Crippen LogP contribution in [0.1, 0.15) is 53.0 Å². The molecule has 1 fully saturated rings. The zero-order chi connectivity index (χ0) is 16.5. The number of para-hydroxylation sites is 1. The normalized spacial score (nSPS) is 15.3. The molecule has 22 heavy (non-hydrogen) atoms. The summed E-state index contributed by atoms with van der Waals surface area (Å²) in [5, 5.41) is 5.84. The van der Waals surface area contributed by atoms with Gasteiger partial charge in [0.15, 0.2) is 0 Å². The Morgan fingerprint density at radius 2 is 1.59 bits per heavy atom. The zero-order valence-electron chi connectivity index (χ0n) is 14.1. The molecule has 2 rings (SSSR count). The molecule has 0 bridgehead atoms. The molecule has 120 valence electrons. The predicted molar refractivity (Wildman–Crippen MR) is 88.7 cm³/mol. The van der Waals surface area contributed by atoms with Crippen molar-refractivity contribution < 1.29 is 9.59 Å². The van der Waals surface area contributed by atoms with Crippen molar-refractivity contribution >= 4 is 17.5 Å². The van der Waals surface area contributed by atoms with Crippen LogP contribution in [-0.2, 0) is 15.0 Å². The maximum Gasteiger partial charge on any atom is 0.239 e. The standard InChI is InChI=1S/C18H26N2O2/c1-17(2,3)13-8-6-7-9-14(13)20-16(22)18(4,5)15(21)19-12-10-11-12/h6-9,12H,10-11H2,1-5H3,(H,19,21)(H,20,22). The number of amides is 2. The molecule has 0 aromatic heterocycles. The van der Waals surface area contributed by atoms with E-state index in [2.05, 4.69) is 31.4 Å². The highest BCUT2D eigenvalue weighted by molar-refractivity contribution is 6.10. The molecular weight excluding hydrogens is 276 g/mol. The molecule has 1 aromatic carbocycles. The lowest BCUT2D eigenvalue weighted by molar-refractivity contribution is -0.138. The zero-order valence-corrected chi connectivity index (χ0v) is 14.1. The molecule has 0 spiro atoms. The smallest absolute Gasteiger partial charge is 0.239 e. The summed E-state index contributed by atoms with van der Waals surface area (Å²) in [6, 6.07) is 7.99. The molecule has 0 aliphatic heterocycles. The second-order valence-electron chi connectivity index (χ2n) is 7.62. The second-order valence-corrected chi connectivity index (χ2v) is 7.62. The average Bonchev–Trinajstić information content (AvgIpc) is 3.21. The highest BCUT2D eigenvalue weighted by atomic mass is 16.2. The van der Waals surface area contributed by atoms with Crippen molar-refractivity contribution in [2.45, 2.75) is 58.9 Å². The molecule has 0 atom stereocenters. The molecule has 0 saturated heterocycles. The van der Waals surface area contributed by atoms with Gasteiger partial charge < -0.3 is 10.6 Å². The fraction of sp³-hybridized carbons (Fsp3) is 0.556. The van der Waals surface area contributed by atoms with Crippen LogP contribution in [0, 0.1) is 5.41 Å². The number of carbonyl (C=O) groups excluding carboxylic acids is 2. The first kappa shape index (κ1) is 16.5. The summed E-state index contributed by atoms with van der Waals surface area (Å²) in [4.78, 5) is 24.8. The van der Waals surface area contributed by atoms with E-state index in [1.54, 1.807) is 13.8 Å². The number of carbonyl (C=O) groups is 2. The van der Waals surface area contributed by atoms with E-state index in [1.807, 2.05) is 24.3 Å². The third kappa shape index (κ3) is 3.67. The van der Waals surface area contributed by atoms with Crippen molar-refractivity contribution in [3.8, 4) is 0 Å². The number of hydrogen-bond acceptors (Lipinski definition) is 2. The third-order valence-electron chi connectivity index (χ3n) is 4.03. The fourth-order valence-electron chi connectivity index (χ4n) is 2.22. The summed E-state index contributed by atoms with van der Waals surface area (Å²) in [6.45, 7) is 9.63. The number of rotatable bonds is 4. The van der Waals surface area contributed by atoms with Crippen LogP contribution in [0.3, 0.4) is 0 Å². The summed E-state index contributed by atoms with van der Waals surface area (Å²) in [7, 11) is 0. The van der Waals surface area contributed by atoms with E-state index < -0.39 is 5.41 Å². The molecule has 4 nitrogen and oxygen atoms in total. The number of benzene rings is 1. The van der Waals surface area contributed by atoms with E-state index in [1.165, 1.54) is 0 Å². The Morgan fingerprint density at radius 1 is 1.00 bits per heavy atom. The number of hydrogen-bond donors (Lipinski definition) is 2. The summed E-state index contributed by atoms with van der Waals surface area (Å²) >= 11 is 0. The minimum atomic E-state index is -1.09. The molecule has 0 unspecified atom stereocenters. The molecule has 0 heterocycles. The van der Waals surface area contributed by atoms with Gasteiger partial charge in [-0.15, -0.1) is 0 Å². The highest BCUT2D eigenvalue weighted by Crippen LogP contribution is 2.31. The number of nitrogens with one attached hydrogen (secondary N) is 2. The Balaban J connectivity index is 2.16. The van der Waals surface area contributed by atoms with Gasteiger partial charge in [0, 0.05) is 11.7 Å². The molecule has 1 aromatic rings. The molecule has 1 saturated carbocycles.